The molecule has 0 fully saturated rings. The van der Waals surface area contributed by atoms with Crippen molar-refractivity contribution in [2.24, 2.45) is 0 Å². The van der Waals surface area contributed by atoms with Gasteiger partial charge in [-0.1, -0.05) is 24.3 Å². The summed E-state index contributed by atoms with van der Waals surface area (Å²) in [7, 11) is -3.71. The van der Waals surface area contributed by atoms with Crippen LogP contribution in [0.2, 0.25) is 0 Å². The third-order valence-corrected chi connectivity index (χ3v) is 5.32. The molecule has 0 saturated carbocycles. The van der Waals surface area contributed by atoms with Crippen molar-refractivity contribution in [1.82, 2.24) is 13.7 Å². The number of aromatic nitrogens is 3. The van der Waals surface area contributed by atoms with Gasteiger partial charge in [-0.2, -0.15) is 8.75 Å². The number of sulfonamides is 1. The summed E-state index contributed by atoms with van der Waals surface area (Å²) in [6, 6.07) is 12.5. The van der Waals surface area contributed by atoms with E-state index < -0.39 is 10.0 Å². The molecule has 0 amide bonds. The van der Waals surface area contributed by atoms with Crippen LogP contribution in [0.3, 0.4) is 0 Å². The van der Waals surface area contributed by atoms with Crippen molar-refractivity contribution in [3.05, 3.63) is 48.7 Å². The van der Waals surface area contributed by atoms with Crippen molar-refractivity contribution in [1.29, 1.82) is 0 Å². The van der Waals surface area contributed by atoms with Gasteiger partial charge in [-0.25, -0.2) is 8.42 Å². The molecular formula is C14H10N4O2S2. The highest BCUT2D eigenvalue weighted by Gasteiger charge is 2.20. The Labute approximate surface area is 130 Å². The molecule has 2 aromatic carbocycles. The van der Waals surface area contributed by atoms with Crippen LogP contribution in [-0.2, 0) is 10.0 Å². The molecule has 22 heavy (non-hydrogen) atoms. The van der Waals surface area contributed by atoms with E-state index in [-0.39, 0.29) is 4.90 Å². The summed E-state index contributed by atoms with van der Waals surface area (Å²) in [6.45, 7) is 0. The van der Waals surface area contributed by atoms with Crippen LogP contribution in [0, 0.1) is 0 Å². The third-order valence-electron chi connectivity index (χ3n) is 3.37. The predicted molar refractivity (Wildman–Crippen MR) is 86.5 cm³/mol. The second-order valence-corrected chi connectivity index (χ2v) is 6.92. The van der Waals surface area contributed by atoms with Crippen LogP contribution in [0.1, 0.15) is 0 Å². The van der Waals surface area contributed by atoms with E-state index in [1.54, 1.807) is 30.3 Å². The van der Waals surface area contributed by atoms with Crippen molar-refractivity contribution in [3.8, 4) is 0 Å². The van der Waals surface area contributed by atoms with Gasteiger partial charge in [0.2, 0.25) is 0 Å². The Morgan fingerprint density at radius 1 is 1.05 bits per heavy atom. The fourth-order valence-corrected chi connectivity index (χ4v) is 4.15. The number of para-hydroxylation sites is 1. The molecule has 8 heteroatoms. The van der Waals surface area contributed by atoms with Gasteiger partial charge in [-0.3, -0.25) is 4.72 Å². The first-order chi connectivity index (χ1) is 10.6. The Balaban J connectivity index is 1.83. The van der Waals surface area contributed by atoms with Gasteiger partial charge in [-0.05, 0) is 18.2 Å². The average molecular weight is 330 g/mol. The van der Waals surface area contributed by atoms with Crippen LogP contribution in [-0.4, -0.2) is 22.1 Å². The summed E-state index contributed by atoms with van der Waals surface area (Å²) in [4.78, 5) is 3.18. The number of fused-ring (bicyclic) bond motifs is 2. The van der Waals surface area contributed by atoms with Crippen LogP contribution < -0.4 is 4.72 Å². The molecule has 0 unspecified atom stereocenters. The Morgan fingerprint density at radius 3 is 2.82 bits per heavy atom. The average Bonchev–Trinajstić information content (AvgIpc) is 3.14. The standard InChI is InChI=1S/C14H10N4O2S2/c19-22(20,13-8-15-10-5-2-1-4-9(10)13)18-12-7-3-6-11-14(12)17-21-16-11/h1-8,15,18H. The second-order valence-electron chi connectivity index (χ2n) is 4.74. The van der Waals surface area contributed by atoms with E-state index in [0.717, 1.165) is 17.2 Å². The molecule has 4 rings (SSSR count). The van der Waals surface area contributed by atoms with Gasteiger partial charge in [-0.15, -0.1) is 0 Å². The molecule has 4 aromatic rings. The van der Waals surface area contributed by atoms with E-state index in [0.29, 0.717) is 22.1 Å². The molecule has 2 N–H and O–H groups in total. The molecule has 2 heterocycles. The summed E-state index contributed by atoms with van der Waals surface area (Å²) in [6.07, 6.45) is 1.49. The third kappa shape index (κ3) is 2.04. The van der Waals surface area contributed by atoms with Gasteiger partial charge in [0.25, 0.3) is 10.0 Å². The highest BCUT2D eigenvalue weighted by molar-refractivity contribution is 7.93. The van der Waals surface area contributed by atoms with E-state index >= 15 is 0 Å². The summed E-state index contributed by atoms with van der Waals surface area (Å²) in [5.41, 5.74) is 2.42. The van der Waals surface area contributed by atoms with Gasteiger partial charge >= 0.3 is 0 Å². The molecule has 0 aliphatic carbocycles. The van der Waals surface area contributed by atoms with E-state index in [9.17, 15) is 8.42 Å². The predicted octanol–water partition coefficient (Wildman–Crippen LogP) is 2.97. The number of hydrogen-bond acceptors (Lipinski definition) is 5. The van der Waals surface area contributed by atoms with Crippen molar-refractivity contribution >= 4 is 49.4 Å². The van der Waals surface area contributed by atoms with Crippen LogP contribution in [0.15, 0.2) is 53.6 Å². The summed E-state index contributed by atoms with van der Waals surface area (Å²) < 4.78 is 36.2. The number of aromatic amines is 1. The van der Waals surface area contributed by atoms with Gasteiger partial charge in [0.05, 0.1) is 17.4 Å². The molecular weight excluding hydrogens is 320 g/mol. The first-order valence-corrected chi connectivity index (χ1v) is 8.67. The Bertz CT molecular complexity index is 1080. The zero-order valence-corrected chi connectivity index (χ0v) is 12.8. The maximum absolute atomic E-state index is 12.7. The number of benzene rings is 2. The van der Waals surface area contributed by atoms with Gasteiger partial charge in [0.1, 0.15) is 15.9 Å². The molecule has 110 valence electrons. The number of hydrogen-bond donors (Lipinski definition) is 2. The first kappa shape index (κ1) is 13.2. The second kappa shape index (κ2) is 4.79. The molecule has 0 aliphatic heterocycles. The Kier molecular flexibility index (Phi) is 2.88. The van der Waals surface area contributed by atoms with Crippen LogP contribution in [0.25, 0.3) is 21.9 Å². The Morgan fingerprint density at radius 2 is 1.91 bits per heavy atom. The largest absolute Gasteiger partial charge is 0.360 e. The lowest BCUT2D eigenvalue weighted by Crippen LogP contribution is -2.12. The number of nitrogens with zero attached hydrogens (tertiary/aromatic N) is 2. The molecule has 6 nitrogen and oxygen atoms in total. The highest BCUT2D eigenvalue weighted by atomic mass is 32.2. The minimum Gasteiger partial charge on any atom is -0.360 e. The maximum Gasteiger partial charge on any atom is 0.264 e. The SMILES string of the molecule is O=S(=O)(Nc1cccc2nsnc12)c1c[nH]c2ccccc12. The van der Waals surface area contributed by atoms with Crippen molar-refractivity contribution in [2.75, 3.05) is 4.72 Å². The molecule has 0 bridgehead atoms. The van der Waals surface area contributed by atoms with E-state index in [4.69, 9.17) is 0 Å². The fourth-order valence-electron chi connectivity index (χ4n) is 2.36. The topological polar surface area (TPSA) is 87.7 Å². The lowest BCUT2D eigenvalue weighted by Gasteiger charge is -2.07. The monoisotopic (exact) mass is 330 g/mol. The van der Waals surface area contributed by atoms with E-state index in [2.05, 4.69) is 18.5 Å². The lowest BCUT2D eigenvalue weighted by molar-refractivity contribution is 0.602. The highest BCUT2D eigenvalue weighted by Crippen LogP contribution is 2.27. The zero-order valence-electron chi connectivity index (χ0n) is 11.1. The van der Waals surface area contributed by atoms with Crippen molar-refractivity contribution in [3.63, 3.8) is 0 Å². The lowest BCUT2D eigenvalue weighted by atomic mass is 10.2. The van der Waals surface area contributed by atoms with Crippen LogP contribution >= 0.6 is 11.7 Å². The fraction of sp³-hybridized carbons (Fsp3) is 0. The van der Waals surface area contributed by atoms with E-state index in [1.807, 2.05) is 12.1 Å². The van der Waals surface area contributed by atoms with Crippen molar-refractivity contribution in [2.45, 2.75) is 4.90 Å². The summed E-state index contributed by atoms with van der Waals surface area (Å²) in [5.74, 6) is 0. The van der Waals surface area contributed by atoms with Crippen LogP contribution in [0.5, 0.6) is 0 Å². The first-order valence-electron chi connectivity index (χ1n) is 6.45. The molecule has 0 aliphatic rings. The quantitative estimate of drug-likeness (QED) is 0.604. The summed E-state index contributed by atoms with van der Waals surface area (Å²) in [5, 5.41) is 0.651. The van der Waals surface area contributed by atoms with Crippen LogP contribution in [0.4, 0.5) is 5.69 Å². The van der Waals surface area contributed by atoms with Crippen molar-refractivity contribution < 1.29 is 8.42 Å². The van der Waals surface area contributed by atoms with Gasteiger partial charge < -0.3 is 4.98 Å². The minimum atomic E-state index is -3.71. The minimum absolute atomic E-state index is 0.211. The van der Waals surface area contributed by atoms with Gasteiger partial charge in [0, 0.05) is 17.1 Å². The molecule has 0 spiro atoms. The van der Waals surface area contributed by atoms with Gasteiger partial charge in [0.15, 0.2) is 0 Å². The summed E-state index contributed by atoms with van der Waals surface area (Å²) >= 11 is 1.05. The molecule has 0 atom stereocenters. The maximum atomic E-state index is 12.7. The number of anilines is 1. The number of rotatable bonds is 3. The van der Waals surface area contributed by atoms with E-state index in [1.165, 1.54) is 6.20 Å². The normalized spacial score (nSPS) is 12.0. The Hall–Kier alpha value is -2.45. The number of nitrogens with one attached hydrogen (secondary N) is 2. The molecule has 0 saturated heterocycles. The smallest absolute Gasteiger partial charge is 0.264 e. The zero-order chi connectivity index (χ0) is 15.2. The molecule has 2 aromatic heterocycles. The number of H-pyrrole nitrogens is 1. The molecule has 0 radical (unpaired) electrons.